The third kappa shape index (κ3) is 49.9. The first-order valence-electron chi connectivity index (χ1n) is 26.9. The van der Waals surface area contributed by atoms with Gasteiger partial charge in [0.2, 0.25) is 0 Å². The summed E-state index contributed by atoms with van der Waals surface area (Å²) in [4.78, 5) is 38.0. The van der Waals surface area contributed by atoms with Gasteiger partial charge in [-0.05, 0) is 83.5 Å². The number of unbranched alkanes of at least 4 members (excludes halogenated alkanes) is 25. The summed E-state index contributed by atoms with van der Waals surface area (Å²) < 4.78 is 16.8. The lowest BCUT2D eigenvalue weighted by atomic mass is 10.1. The minimum absolute atomic E-state index is 0.0954. The van der Waals surface area contributed by atoms with Crippen molar-refractivity contribution in [3.8, 4) is 0 Å². The van der Waals surface area contributed by atoms with Crippen LogP contribution in [0.2, 0.25) is 0 Å². The molecule has 0 amide bonds. The van der Waals surface area contributed by atoms with E-state index in [1.54, 1.807) is 0 Å². The number of hydrogen-bond donors (Lipinski definition) is 0. The lowest BCUT2D eigenvalue weighted by Crippen LogP contribution is -2.30. The van der Waals surface area contributed by atoms with Gasteiger partial charge >= 0.3 is 17.9 Å². The third-order valence-corrected chi connectivity index (χ3v) is 11.4. The van der Waals surface area contributed by atoms with Crippen molar-refractivity contribution < 1.29 is 28.6 Å². The monoisotopic (exact) mass is 893 g/mol. The quantitative estimate of drug-likeness (QED) is 0.0262. The van der Waals surface area contributed by atoms with Crippen LogP contribution in [0.1, 0.15) is 258 Å². The SMILES string of the molecule is CC/C=C\C/C=C\C/C=C\CCCCCCCCCCCC(=O)OCC(COC(=O)CCCCCCCCCCCC)OC(=O)CCC/C=C\C/C=C\C/C=C\CCCCCCCC. The Balaban J connectivity index is 4.40. The molecule has 0 fully saturated rings. The Kier molecular flexibility index (Phi) is 49.9. The fourth-order valence-corrected chi connectivity index (χ4v) is 7.41. The van der Waals surface area contributed by atoms with Crippen molar-refractivity contribution in [1.82, 2.24) is 0 Å². The summed E-state index contributed by atoms with van der Waals surface area (Å²) in [7, 11) is 0. The van der Waals surface area contributed by atoms with E-state index in [0.29, 0.717) is 19.3 Å². The number of hydrogen-bond acceptors (Lipinski definition) is 6. The highest BCUT2D eigenvalue weighted by Crippen LogP contribution is 2.15. The molecule has 0 bridgehead atoms. The fraction of sp³-hybridized carbons (Fsp3) is 0.741. The molecule has 0 heterocycles. The van der Waals surface area contributed by atoms with Crippen LogP contribution in [0, 0.1) is 0 Å². The summed E-state index contributed by atoms with van der Waals surface area (Å²) in [6.07, 6.45) is 66.1. The van der Waals surface area contributed by atoms with Gasteiger partial charge in [0.15, 0.2) is 6.10 Å². The van der Waals surface area contributed by atoms with Crippen molar-refractivity contribution >= 4 is 17.9 Å². The van der Waals surface area contributed by atoms with E-state index in [2.05, 4.69) is 93.7 Å². The summed E-state index contributed by atoms with van der Waals surface area (Å²) in [5.74, 6) is -0.951. The Hall–Kier alpha value is -3.15. The van der Waals surface area contributed by atoms with Gasteiger partial charge in [0, 0.05) is 19.3 Å². The van der Waals surface area contributed by atoms with E-state index < -0.39 is 6.10 Å². The van der Waals surface area contributed by atoms with Crippen LogP contribution in [0.3, 0.4) is 0 Å². The number of carbonyl (C=O) groups is 3. The van der Waals surface area contributed by atoms with Gasteiger partial charge < -0.3 is 14.2 Å². The number of esters is 3. The summed E-state index contributed by atoms with van der Waals surface area (Å²) >= 11 is 0. The molecule has 1 unspecified atom stereocenters. The number of allylic oxidation sites excluding steroid dienone is 12. The van der Waals surface area contributed by atoms with Gasteiger partial charge in [-0.3, -0.25) is 14.4 Å². The van der Waals surface area contributed by atoms with Crippen LogP contribution in [0.5, 0.6) is 0 Å². The minimum Gasteiger partial charge on any atom is -0.462 e. The van der Waals surface area contributed by atoms with Crippen molar-refractivity contribution in [2.45, 2.75) is 264 Å². The first-order valence-corrected chi connectivity index (χ1v) is 26.9. The van der Waals surface area contributed by atoms with Crippen molar-refractivity contribution in [3.05, 3.63) is 72.9 Å². The van der Waals surface area contributed by atoms with Crippen LogP contribution in [-0.4, -0.2) is 37.2 Å². The maximum absolute atomic E-state index is 12.8. The first kappa shape index (κ1) is 60.9. The zero-order valence-electron chi connectivity index (χ0n) is 42.0. The molecule has 0 N–H and O–H groups in total. The van der Waals surface area contributed by atoms with E-state index in [0.717, 1.165) is 77.0 Å². The summed E-state index contributed by atoms with van der Waals surface area (Å²) in [6.45, 7) is 6.47. The molecule has 6 nitrogen and oxygen atoms in total. The molecule has 0 aliphatic carbocycles. The van der Waals surface area contributed by atoms with E-state index in [-0.39, 0.29) is 37.5 Å². The summed E-state index contributed by atoms with van der Waals surface area (Å²) in [6, 6.07) is 0. The summed E-state index contributed by atoms with van der Waals surface area (Å²) in [5.41, 5.74) is 0. The van der Waals surface area contributed by atoms with Gasteiger partial charge in [-0.15, -0.1) is 0 Å². The Bertz CT molecular complexity index is 1210. The predicted molar refractivity (Wildman–Crippen MR) is 274 cm³/mol. The van der Waals surface area contributed by atoms with E-state index in [4.69, 9.17) is 14.2 Å². The smallest absolute Gasteiger partial charge is 0.306 e. The molecule has 1 atom stereocenters. The maximum atomic E-state index is 12.8. The van der Waals surface area contributed by atoms with Gasteiger partial charge in [0.1, 0.15) is 13.2 Å². The van der Waals surface area contributed by atoms with Crippen LogP contribution in [0.25, 0.3) is 0 Å². The molecule has 0 aromatic rings. The van der Waals surface area contributed by atoms with Gasteiger partial charge in [-0.1, -0.05) is 229 Å². The minimum atomic E-state index is -0.801. The van der Waals surface area contributed by atoms with Crippen molar-refractivity contribution in [1.29, 1.82) is 0 Å². The molecule has 0 saturated carbocycles. The van der Waals surface area contributed by atoms with Crippen LogP contribution in [0.4, 0.5) is 0 Å². The Morgan fingerprint density at radius 1 is 0.328 bits per heavy atom. The molecule has 0 aliphatic heterocycles. The molecular weight excluding hydrogens is 793 g/mol. The molecule has 0 spiro atoms. The zero-order chi connectivity index (χ0) is 46.5. The highest BCUT2D eigenvalue weighted by Gasteiger charge is 2.19. The van der Waals surface area contributed by atoms with E-state index >= 15 is 0 Å². The summed E-state index contributed by atoms with van der Waals surface area (Å²) in [5, 5.41) is 0. The highest BCUT2D eigenvalue weighted by molar-refractivity contribution is 5.71. The average molecular weight is 893 g/mol. The molecule has 64 heavy (non-hydrogen) atoms. The van der Waals surface area contributed by atoms with Gasteiger partial charge in [-0.25, -0.2) is 0 Å². The number of rotatable bonds is 48. The second-order valence-corrected chi connectivity index (χ2v) is 17.8. The second kappa shape index (κ2) is 52.5. The molecule has 368 valence electrons. The highest BCUT2D eigenvalue weighted by atomic mass is 16.6. The zero-order valence-corrected chi connectivity index (χ0v) is 42.0. The van der Waals surface area contributed by atoms with Crippen molar-refractivity contribution in [2.75, 3.05) is 13.2 Å². The standard InChI is InChI=1S/C58H100O6/c1-4-7-10-13-16-19-22-24-26-28-29-31-32-34-36-39-42-45-48-51-57(60)63-54-55(53-62-56(59)50-47-44-41-38-21-18-15-12-9-6-3)64-58(61)52-49-46-43-40-37-35-33-30-27-25-23-20-17-14-11-8-5-2/h7,10,16,19,24-27,33,35,40,43,55H,4-6,8-9,11-15,17-18,20-23,28-32,34,36-39,41-42,44-54H2,1-3H3/b10-7-,19-16-,26-24-,27-25-,35-33-,43-40-. The van der Waals surface area contributed by atoms with Crippen LogP contribution in [0.15, 0.2) is 72.9 Å². The van der Waals surface area contributed by atoms with Gasteiger partial charge in [-0.2, -0.15) is 0 Å². The Labute approximate surface area is 395 Å². The maximum Gasteiger partial charge on any atom is 0.306 e. The average Bonchev–Trinajstić information content (AvgIpc) is 3.29. The van der Waals surface area contributed by atoms with Crippen LogP contribution < -0.4 is 0 Å². The predicted octanol–water partition coefficient (Wildman–Crippen LogP) is 17.8. The van der Waals surface area contributed by atoms with E-state index in [1.165, 1.54) is 135 Å². The first-order chi connectivity index (χ1) is 31.5. The molecule has 0 rings (SSSR count). The molecule has 0 saturated heterocycles. The lowest BCUT2D eigenvalue weighted by Gasteiger charge is -2.18. The molecule has 0 aliphatic rings. The lowest BCUT2D eigenvalue weighted by molar-refractivity contribution is -0.167. The van der Waals surface area contributed by atoms with Gasteiger partial charge in [0.25, 0.3) is 0 Å². The largest absolute Gasteiger partial charge is 0.462 e. The Morgan fingerprint density at radius 2 is 0.625 bits per heavy atom. The second-order valence-electron chi connectivity index (χ2n) is 17.8. The van der Waals surface area contributed by atoms with Crippen LogP contribution >= 0.6 is 0 Å². The molecule has 0 radical (unpaired) electrons. The number of ether oxygens (including phenoxy) is 3. The topological polar surface area (TPSA) is 78.9 Å². The molecule has 0 aromatic heterocycles. The van der Waals surface area contributed by atoms with Crippen LogP contribution in [-0.2, 0) is 28.6 Å². The third-order valence-electron chi connectivity index (χ3n) is 11.4. The van der Waals surface area contributed by atoms with Crippen molar-refractivity contribution in [2.24, 2.45) is 0 Å². The van der Waals surface area contributed by atoms with E-state index in [9.17, 15) is 14.4 Å². The molecule has 0 aromatic carbocycles. The normalized spacial score (nSPS) is 12.6. The molecule has 6 heteroatoms. The van der Waals surface area contributed by atoms with E-state index in [1.807, 2.05) is 0 Å². The van der Waals surface area contributed by atoms with Crippen molar-refractivity contribution in [3.63, 3.8) is 0 Å². The Morgan fingerprint density at radius 3 is 1.00 bits per heavy atom. The number of carbonyl (C=O) groups excluding carboxylic acids is 3. The van der Waals surface area contributed by atoms with Gasteiger partial charge in [0.05, 0.1) is 0 Å². The fourth-order valence-electron chi connectivity index (χ4n) is 7.41. The molecular formula is C58H100O6.